The van der Waals surface area contributed by atoms with Gasteiger partial charge in [-0.1, -0.05) is 30.3 Å². The highest BCUT2D eigenvalue weighted by Gasteiger charge is 2.12. The fourth-order valence-electron chi connectivity index (χ4n) is 1.48. The molecule has 4 nitrogen and oxygen atoms in total. The second-order valence-electron chi connectivity index (χ2n) is 4.27. The van der Waals surface area contributed by atoms with Crippen LogP contribution >= 0.6 is 0 Å². The van der Waals surface area contributed by atoms with Crippen LogP contribution in [0.15, 0.2) is 30.3 Å². The zero-order valence-corrected chi connectivity index (χ0v) is 10.8. The van der Waals surface area contributed by atoms with E-state index in [9.17, 15) is 4.79 Å². The molecule has 0 spiro atoms. The van der Waals surface area contributed by atoms with Gasteiger partial charge in [0, 0.05) is 12.6 Å². The molecular weight excluding hydrogens is 228 g/mol. The third-order valence-electron chi connectivity index (χ3n) is 2.74. The van der Waals surface area contributed by atoms with Crippen LogP contribution in [0.5, 0.6) is 0 Å². The first kappa shape index (κ1) is 14.2. The van der Waals surface area contributed by atoms with Gasteiger partial charge in [0.25, 0.3) is 0 Å². The van der Waals surface area contributed by atoms with Crippen molar-refractivity contribution >= 4 is 5.97 Å². The van der Waals surface area contributed by atoms with E-state index in [1.54, 1.807) is 6.07 Å². The maximum atomic E-state index is 11.1. The lowest BCUT2D eigenvalue weighted by Gasteiger charge is -2.24. The van der Waals surface area contributed by atoms with Crippen molar-refractivity contribution in [2.24, 2.45) is 0 Å². The van der Waals surface area contributed by atoms with E-state index in [1.165, 1.54) is 5.56 Å². The standard InChI is InChI=1S/C14H18N2O2/c1-12(11-18-14(17)8-9-15)16(2)10-13-6-4-3-5-7-13/h3-7,12H,8,10-11H2,1-2H3. The van der Waals surface area contributed by atoms with Crippen molar-refractivity contribution in [3.05, 3.63) is 35.9 Å². The fraction of sp³-hybridized carbons (Fsp3) is 0.429. The third kappa shape index (κ3) is 4.98. The Labute approximate surface area is 108 Å². The summed E-state index contributed by atoms with van der Waals surface area (Å²) in [6.07, 6.45) is -0.185. The zero-order chi connectivity index (χ0) is 13.4. The number of carbonyl (C=O) groups is 1. The topological polar surface area (TPSA) is 53.3 Å². The molecule has 1 unspecified atom stereocenters. The summed E-state index contributed by atoms with van der Waals surface area (Å²) >= 11 is 0. The number of nitriles is 1. The van der Waals surface area contributed by atoms with Crippen molar-refractivity contribution in [1.82, 2.24) is 4.90 Å². The number of hydrogen-bond donors (Lipinski definition) is 0. The second-order valence-corrected chi connectivity index (χ2v) is 4.27. The SMILES string of the molecule is CC(COC(=O)CC#N)N(C)Cc1ccccc1. The van der Waals surface area contributed by atoms with Gasteiger partial charge < -0.3 is 4.74 Å². The molecule has 18 heavy (non-hydrogen) atoms. The van der Waals surface area contributed by atoms with Crippen LogP contribution in [0.2, 0.25) is 0 Å². The highest BCUT2D eigenvalue weighted by molar-refractivity contribution is 5.71. The molecule has 0 N–H and O–H groups in total. The Morgan fingerprint density at radius 2 is 2.11 bits per heavy atom. The molecule has 96 valence electrons. The monoisotopic (exact) mass is 246 g/mol. The molecule has 1 atom stereocenters. The molecule has 0 saturated heterocycles. The average molecular weight is 246 g/mol. The Morgan fingerprint density at radius 1 is 1.44 bits per heavy atom. The minimum Gasteiger partial charge on any atom is -0.463 e. The van der Waals surface area contributed by atoms with E-state index in [-0.39, 0.29) is 12.5 Å². The number of benzene rings is 1. The van der Waals surface area contributed by atoms with Crippen LogP contribution in [0.25, 0.3) is 0 Å². The van der Waals surface area contributed by atoms with E-state index in [0.29, 0.717) is 6.61 Å². The molecule has 1 rings (SSSR count). The van der Waals surface area contributed by atoms with Gasteiger partial charge in [0.05, 0.1) is 6.07 Å². The van der Waals surface area contributed by atoms with Gasteiger partial charge in [-0.3, -0.25) is 9.69 Å². The predicted molar refractivity (Wildman–Crippen MR) is 68.6 cm³/mol. The van der Waals surface area contributed by atoms with Gasteiger partial charge in [0.1, 0.15) is 13.0 Å². The maximum absolute atomic E-state index is 11.1. The lowest BCUT2D eigenvalue weighted by atomic mass is 10.2. The van der Waals surface area contributed by atoms with E-state index in [0.717, 1.165) is 6.54 Å². The maximum Gasteiger partial charge on any atom is 0.320 e. The molecular formula is C14H18N2O2. The van der Waals surface area contributed by atoms with Gasteiger partial charge >= 0.3 is 5.97 Å². The van der Waals surface area contributed by atoms with Crippen LogP contribution < -0.4 is 0 Å². The summed E-state index contributed by atoms with van der Waals surface area (Å²) in [7, 11) is 1.98. The molecule has 0 saturated carbocycles. The lowest BCUT2D eigenvalue weighted by Crippen LogP contribution is -2.33. The Morgan fingerprint density at radius 3 is 2.72 bits per heavy atom. The summed E-state index contributed by atoms with van der Waals surface area (Å²) in [6, 6.07) is 12.0. The molecule has 0 aromatic heterocycles. The largest absolute Gasteiger partial charge is 0.463 e. The molecule has 0 bridgehead atoms. The first-order valence-corrected chi connectivity index (χ1v) is 5.90. The number of nitrogens with zero attached hydrogens (tertiary/aromatic N) is 2. The number of hydrogen-bond acceptors (Lipinski definition) is 4. The van der Waals surface area contributed by atoms with Crippen molar-refractivity contribution in [2.75, 3.05) is 13.7 Å². The quantitative estimate of drug-likeness (QED) is 0.720. The first-order chi connectivity index (χ1) is 8.63. The normalized spacial score (nSPS) is 11.9. The summed E-state index contributed by atoms with van der Waals surface area (Å²) in [5.41, 5.74) is 1.22. The molecule has 0 heterocycles. The minimum atomic E-state index is -0.461. The minimum absolute atomic E-state index is 0.118. The van der Waals surface area contributed by atoms with Gasteiger partial charge in [-0.05, 0) is 19.5 Å². The molecule has 0 fully saturated rings. The lowest BCUT2D eigenvalue weighted by molar-refractivity contribution is -0.143. The van der Waals surface area contributed by atoms with Crippen molar-refractivity contribution in [1.29, 1.82) is 5.26 Å². The van der Waals surface area contributed by atoms with E-state index < -0.39 is 5.97 Å². The molecule has 0 aliphatic heterocycles. The highest BCUT2D eigenvalue weighted by atomic mass is 16.5. The van der Waals surface area contributed by atoms with Crippen LogP contribution in [0, 0.1) is 11.3 Å². The molecule has 1 aromatic rings. The van der Waals surface area contributed by atoms with Gasteiger partial charge in [-0.2, -0.15) is 5.26 Å². The molecule has 0 aliphatic rings. The van der Waals surface area contributed by atoms with Crippen LogP contribution in [0.1, 0.15) is 18.9 Å². The van der Waals surface area contributed by atoms with Crippen LogP contribution in [-0.4, -0.2) is 30.6 Å². The summed E-state index contributed by atoms with van der Waals surface area (Å²) in [5, 5.41) is 8.34. The van der Waals surface area contributed by atoms with Crippen molar-refractivity contribution in [2.45, 2.75) is 25.9 Å². The number of rotatable bonds is 6. The summed E-state index contributed by atoms with van der Waals surface area (Å²) < 4.78 is 5.00. The van der Waals surface area contributed by atoms with Crippen LogP contribution in [0.3, 0.4) is 0 Å². The zero-order valence-electron chi connectivity index (χ0n) is 10.8. The number of esters is 1. The van der Waals surface area contributed by atoms with Crippen molar-refractivity contribution in [3.63, 3.8) is 0 Å². The Bertz CT molecular complexity index is 412. The Balaban J connectivity index is 2.35. The molecule has 0 radical (unpaired) electrons. The Kier molecular flexibility index (Phi) is 5.89. The Hall–Kier alpha value is -1.86. The number of likely N-dealkylation sites (N-methyl/N-ethyl adjacent to an activating group) is 1. The molecule has 0 amide bonds. The summed E-state index contributed by atoms with van der Waals surface area (Å²) in [4.78, 5) is 13.2. The third-order valence-corrected chi connectivity index (χ3v) is 2.74. The van der Waals surface area contributed by atoms with E-state index in [4.69, 9.17) is 10.00 Å². The number of carbonyl (C=O) groups excluding carboxylic acids is 1. The van der Waals surface area contributed by atoms with E-state index >= 15 is 0 Å². The van der Waals surface area contributed by atoms with E-state index in [1.807, 2.05) is 32.2 Å². The van der Waals surface area contributed by atoms with Crippen LogP contribution in [0.4, 0.5) is 0 Å². The predicted octanol–water partition coefficient (Wildman–Crippen LogP) is 1.96. The smallest absolute Gasteiger partial charge is 0.320 e. The van der Waals surface area contributed by atoms with Gasteiger partial charge in [0.2, 0.25) is 0 Å². The fourth-order valence-corrected chi connectivity index (χ4v) is 1.48. The average Bonchev–Trinajstić information content (AvgIpc) is 2.37. The van der Waals surface area contributed by atoms with E-state index in [2.05, 4.69) is 17.0 Å². The van der Waals surface area contributed by atoms with Gasteiger partial charge in [0.15, 0.2) is 0 Å². The summed E-state index contributed by atoms with van der Waals surface area (Å²) in [6.45, 7) is 3.10. The molecule has 0 aliphatic carbocycles. The number of ether oxygens (including phenoxy) is 1. The van der Waals surface area contributed by atoms with Crippen molar-refractivity contribution < 1.29 is 9.53 Å². The van der Waals surface area contributed by atoms with Crippen molar-refractivity contribution in [3.8, 4) is 6.07 Å². The van der Waals surface area contributed by atoms with Gasteiger partial charge in [-0.15, -0.1) is 0 Å². The molecule has 4 heteroatoms. The summed E-state index contributed by atoms with van der Waals surface area (Å²) in [5.74, 6) is -0.461. The highest BCUT2D eigenvalue weighted by Crippen LogP contribution is 2.06. The second kappa shape index (κ2) is 7.46. The first-order valence-electron chi connectivity index (χ1n) is 5.90. The van der Waals surface area contributed by atoms with Gasteiger partial charge in [-0.25, -0.2) is 0 Å². The van der Waals surface area contributed by atoms with Crippen LogP contribution in [-0.2, 0) is 16.1 Å². The molecule has 1 aromatic carbocycles.